The summed E-state index contributed by atoms with van der Waals surface area (Å²) in [7, 11) is -3.88. The van der Waals surface area contributed by atoms with Crippen molar-refractivity contribution in [3.05, 3.63) is 59.7 Å². The molecule has 124 valence electrons. The summed E-state index contributed by atoms with van der Waals surface area (Å²) in [5, 5.41) is 0. The number of nitrogens with one attached hydrogen (secondary N) is 1. The number of hydrogen-bond acceptors (Lipinski definition) is 3. The third-order valence-electron chi connectivity index (χ3n) is 2.96. The number of ether oxygens (including phenoxy) is 1. The van der Waals surface area contributed by atoms with E-state index in [9.17, 15) is 17.2 Å². The molecule has 23 heavy (non-hydrogen) atoms. The zero-order valence-corrected chi connectivity index (χ0v) is 13.5. The SMILES string of the molecule is CC(C)Oc1ccc(S(=O)(=O)NCc2ccc(F)cc2)cc1F. The van der Waals surface area contributed by atoms with E-state index >= 15 is 0 Å². The molecule has 0 radical (unpaired) electrons. The van der Waals surface area contributed by atoms with Gasteiger partial charge in [-0.1, -0.05) is 12.1 Å². The van der Waals surface area contributed by atoms with Gasteiger partial charge in [0.1, 0.15) is 5.82 Å². The first kappa shape index (κ1) is 17.4. The van der Waals surface area contributed by atoms with Crippen LogP contribution in [0.1, 0.15) is 19.4 Å². The second-order valence-corrected chi connectivity index (χ2v) is 6.98. The quantitative estimate of drug-likeness (QED) is 0.878. The van der Waals surface area contributed by atoms with Crippen LogP contribution in [0, 0.1) is 11.6 Å². The fraction of sp³-hybridized carbons (Fsp3) is 0.250. The Kier molecular flexibility index (Phi) is 5.33. The Morgan fingerprint density at radius 2 is 1.74 bits per heavy atom. The summed E-state index contributed by atoms with van der Waals surface area (Å²) in [5.74, 6) is -1.15. The second-order valence-electron chi connectivity index (χ2n) is 5.21. The van der Waals surface area contributed by atoms with Gasteiger partial charge in [0.25, 0.3) is 0 Å². The monoisotopic (exact) mass is 341 g/mol. The van der Waals surface area contributed by atoms with Gasteiger partial charge < -0.3 is 4.74 Å². The zero-order valence-electron chi connectivity index (χ0n) is 12.7. The lowest BCUT2D eigenvalue weighted by atomic mass is 10.2. The molecule has 0 saturated heterocycles. The normalized spacial score (nSPS) is 11.7. The third kappa shape index (κ3) is 4.74. The predicted molar refractivity (Wildman–Crippen MR) is 82.6 cm³/mol. The number of hydrogen-bond donors (Lipinski definition) is 1. The van der Waals surface area contributed by atoms with Crippen molar-refractivity contribution < 1.29 is 21.9 Å². The first-order chi connectivity index (χ1) is 10.8. The molecule has 0 fully saturated rings. The molecule has 0 aromatic heterocycles. The van der Waals surface area contributed by atoms with E-state index in [-0.39, 0.29) is 23.3 Å². The molecule has 0 spiro atoms. The van der Waals surface area contributed by atoms with Gasteiger partial charge in [-0.25, -0.2) is 21.9 Å². The van der Waals surface area contributed by atoms with E-state index in [1.807, 2.05) is 0 Å². The largest absolute Gasteiger partial charge is 0.488 e. The molecule has 2 rings (SSSR count). The predicted octanol–water partition coefficient (Wildman–Crippen LogP) is 3.23. The molecule has 0 amide bonds. The van der Waals surface area contributed by atoms with Crippen molar-refractivity contribution in [2.24, 2.45) is 0 Å². The van der Waals surface area contributed by atoms with E-state index in [1.54, 1.807) is 13.8 Å². The Labute approximate surface area is 134 Å². The topological polar surface area (TPSA) is 55.4 Å². The highest BCUT2D eigenvalue weighted by atomic mass is 32.2. The van der Waals surface area contributed by atoms with Crippen molar-refractivity contribution in [1.29, 1.82) is 0 Å². The molecule has 0 heterocycles. The van der Waals surface area contributed by atoms with Crippen LogP contribution in [0.25, 0.3) is 0 Å². The highest BCUT2D eigenvalue weighted by molar-refractivity contribution is 7.89. The molecule has 0 aliphatic carbocycles. The minimum Gasteiger partial charge on any atom is -0.488 e. The molecule has 1 N–H and O–H groups in total. The van der Waals surface area contributed by atoms with E-state index in [0.29, 0.717) is 5.56 Å². The minimum atomic E-state index is -3.88. The van der Waals surface area contributed by atoms with Crippen LogP contribution in [-0.4, -0.2) is 14.5 Å². The molecule has 0 atom stereocenters. The van der Waals surface area contributed by atoms with Gasteiger partial charge in [0.05, 0.1) is 11.0 Å². The van der Waals surface area contributed by atoms with Gasteiger partial charge in [-0.15, -0.1) is 0 Å². The molecule has 2 aromatic carbocycles. The summed E-state index contributed by atoms with van der Waals surface area (Å²) >= 11 is 0. The molecule has 0 saturated carbocycles. The maximum Gasteiger partial charge on any atom is 0.240 e. The lowest BCUT2D eigenvalue weighted by molar-refractivity contribution is 0.231. The Morgan fingerprint density at radius 3 is 2.30 bits per heavy atom. The first-order valence-corrected chi connectivity index (χ1v) is 8.46. The van der Waals surface area contributed by atoms with Gasteiger partial charge in [-0.05, 0) is 49.7 Å². The number of rotatable bonds is 6. The van der Waals surface area contributed by atoms with Crippen molar-refractivity contribution in [3.8, 4) is 5.75 Å². The Hall–Kier alpha value is -1.99. The molecular formula is C16H17F2NO3S. The number of sulfonamides is 1. The van der Waals surface area contributed by atoms with Crippen LogP contribution in [0.5, 0.6) is 5.75 Å². The smallest absolute Gasteiger partial charge is 0.240 e. The summed E-state index contributed by atoms with van der Waals surface area (Å²) in [5.41, 5.74) is 0.593. The maximum atomic E-state index is 13.9. The van der Waals surface area contributed by atoms with Gasteiger partial charge in [-0.2, -0.15) is 0 Å². The van der Waals surface area contributed by atoms with Crippen LogP contribution in [-0.2, 0) is 16.6 Å². The van der Waals surface area contributed by atoms with Crippen LogP contribution in [0.4, 0.5) is 8.78 Å². The lowest BCUT2D eigenvalue weighted by Crippen LogP contribution is -2.23. The Bertz CT molecular complexity index is 774. The van der Waals surface area contributed by atoms with E-state index in [0.717, 1.165) is 6.07 Å². The van der Waals surface area contributed by atoms with Crippen LogP contribution in [0.2, 0.25) is 0 Å². The average molecular weight is 341 g/mol. The lowest BCUT2D eigenvalue weighted by Gasteiger charge is -2.12. The second kappa shape index (κ2) is 7.06. The summed E-state index contributed by atoms with van der Waals surface area (Å²) in [4.78, 5) is -0.201. The van der Waals surface area contributed by atoms with E-state index in [1.165, 1.54) is 36.4 Å². The fourth-order valence-corrected chi connectivity index (χ4v) is 2.89. The molecule has 0 bridgehead atoms. The summed E-state index contributed by atoms with van der Waals surface area (Å²) in [6.45, 7) is 3.47. The van der Waals surface area contributed by atoms with Crippen LogP contribution >= 0.6 is 0 Å². The number of halogens is 2. The highest BCUT2D eigenvalue weighted by Crippen LogP contribution is 2.22. The van der Waals surface area contributed by atoms with E-state index in [2.05, 4.69) is 4.72 Å². The number of benzene rings is 2. The summed E-state index contributed by atoms with van der Waals surface area (Å²) in [6.07, 6.45) is -0.219. The van der Waals surface area contributed by atoms with Gasteiger partial charge in [0.15, 0.2) is 11.6 Å². The minimum absolute atomic E-state index is 0.00233. The molecule has 2 aromatic rings. The first-order valence-electron chi connectivity index (χ1n) is 6.98. The third-order valence-corrected chi connectivity index (χ3v) is 4.35. The van der Waals surface area contributed by atoms with Gasteiger partial charge >= 0.3 is 0 Å². The average Bonchev–Trinajstić information content (AvgIpc) is 2.48. The van der Waals surface area contributed by atoms with Gasteiger partial charge in [-0.3, -0.25) is 0 Å². The van der Waals surface area contributed by atoms with Gasteiger partial charge in [0.2, 0.25) is 10.0 Å². The Balaban J connectivity index is 2.12. The molecule has 4 nitrogen and oxygen atoms in total. The fourth-order valence-electron chi connectivity index (χ4n) is 1.86. The van der Waals surface area contributed by atoms with Gasteiger partial charge in [0, 0.05) is 6.54 Å². The molecule has 7 heteroatoms. The van der Waals surface area contributed by atoms with Crippen molar-refractivity contribution in [3.63, 3.8) is 0 Å². The zero-order chi connectivity index (χ0) is 17.0. The van der Waals surface area contributed by atoms with Crippen LogP contribution in [0.15, 0.2) is 47.4 Å². The van der Waals surface area contributed by atoms with Crippen molar-refractivity contribution in [1.82, 2.24) is 4.72 Å². The van der Waals surface area contributed by atoms with Crippen molar-refractivity contribution in [2.75, 3.05) is 0 Å². The van der Waals surface area contributed by atoms with E-state index in [4.69, 9.17) is 4.74 Å². The maximum absolute atomic E-state index is 13.9. The van der Waals surface area contributed by atoms with Crippen LogP contribution in [0.3, 0.4) is 0 Å². The van der Waals surface area contributed by atoms with E-state index < -0.39 is 21.7 Å². The summed E-state index contributed by atoms with van der Waals surface area (Å²) < 4.78 is 58.6. The highest BCUT2D eigenvalue weighted by Gasteiger charge is 2.17. The summed E-state index contributed by atoms with van der Waals surface area (Å²) in [6, 6.07) is 8.87. The molecule has 0 unspecified atom stereocenters. The molecule has 0 aliphatic heterocycles. The van der Waals surface area contributed by atoms with Crippen molar-refractivity contribution in [2.45, 2.75) is 31.4 Å². The Morgan fingerprint density at radius 1 is 1.09 bits per heavy atom. The molecular weight excluding hydrogens is 324 g/mol. The van der Waals surface area contributed by atoms with Crippen molar-refractivity contribution >= 4 is 10.0 Å². The van der Waals surface area contributed by atoms with Crippen LogP contribution < -0.4 is 9.46 Å². The standard InChI is InChI=1S/C16H17F2NO3S/c1-11(2)22-16-8-7-14(9-15(16)18)23(20,21)19-10-12-3-5-13(17)6-4-12/h3-9,11,19H,10H2,1-2H3. The molecule has 0 aliphatic rings.